The fourth-order valence-electron chi connectivity index (χ4n) is 2.85. The van der Waals surface area contributed by atoms with Crippen LogP contribution in [0.5, 0.6) is 0 Å². The number of hydrogen-bond donors (Lipinski definition) is 2. The Morgan fingerprint density at radius 3 is 2.43 bits per heavy atom. The summed E-state index contributed by atoms with van der Waals surface area (Å²) in [7, 11) is 0. The molecule has 0 heterocycles. The summed E-state index contributed by atoms with van der Waals surface area (Å²) in [6.45, 7) is 3.09. The lowest BCUT2D eigenvalue weighted by Crippen LogP contribution is -2.36. The maximum absolute atomic E-state index is 9.49. The first-order valence-electron chi connectivity index (χ1n) is 6.07. The molecule has 1 rings (SSSR count). The van der Waals surface area contributed by atoms with E-state index >= 15 is 0 Å². The van der Waals surface area contributed by atoms with Gasteiger partial charge in [0.2, 0.25) is 0 Å². The molecule has 1 atom stereocenters. The first kappa shape index (κ1) is 12.0. The number of rotatable bonds is 6. The van der Waals surface area contributed by atoms with Crippen LogP contribution < -0.4 is 5.73 Å². The topological polar surface area (TPSA) is 46.2 Å². The molecule has 14 heavy (non-hydrogen) atoms. The first-order valence-corrected chi connectivity index (χ1v) is 6.07. The molecule has 0 aromatic carbocycles. The molecule has 0 bridgehead atoms. The van der Waals surface area contributed by atoms with Gasteiger partial charge in [0.25, 0.3) is 0 Å². The lowest BCUT2D eigenvalue weighted by molar-refractivity contribution is 0.0931. The molecule has 2 nitrogen and oxygen atoms in total. The van der Waals surface area contributed by atoms with Gasteiger partial charge in [0.1, 0.15) is 0 Å². The van der Waals surface area contributed by atoms with E-state index in [0.717, 1.165) is 25.2 Å². The molecule has 0 aromatic rings. The largest absolute Gasteiger partial charge is 0.396 e. The van der Waals surface area contributed by atoms with E-state index in [0.29, 0.717) is 6.54 Å². The Morgan fingerprint density at radius 1 is 1.36 bits per heavy atom. The third-order valence-electron chi connectivity index (χ3n) is 3.75. The highest BCUT2D eigenvalue weighted by atomic mass is 16.3. The molecule has 0 saturated heterocycles. The zero-order chi connectivity index (χ0) is 10.4. The van der Waals surface area contributed by atoms with Crippen molar-refractivity contribution in [3.05, 3.63) is 0 Å². The predicted octanol–water partition coefficient (Wildman–Crippen LogP) is 2.30. The molecule has 3 N–H and O–H groups in total. The van der Waals surface area contributed by atoms with Crippen LogP contribution in [0.25, 0.3) is 0 Å². The Balaban J connectivity index is 2.47. The number of nitrogens with two attached hydrogens (primary N) is 1. The third kappa shape index (κ3) is 2.96. The van der Waals surface area contributed by atoms with Crippen molar-refractivity contribution in [3.63, 3.8) is 0 Å². The number of aliphatic hydroxyl groups is 1. The quantitative estimate of drug-likeness (QED) is 0.689. The molecule has 0 aliphatic heterocycles. The first-order chi connectivity index (χ1) is 6.76. The van der Waals surface area contributed by atoms with E-state index in [9.17, 15) is 5.11 Å². The second kappa shape index (κ2) is 5.72. The van der Waals surface area contributed by atoms with E-state index in [1.807, 2.05) is 0 Å². The lowest BCUT2D eigenvalue weighted by Gasteiger charge is -2.32. The SMILES string of the molecule is CCCC(CN)(CO)CC1CCCC1. The number of aliphatic hydroxyl groups excluding tert-OH is 1. The van der Waals surface area contributed by atoms with Gasteiger partial charge in [0.15, 0.2) is 0 Å². The monoisotopic (exact) mass is 199 g/mol. The highest BCUT2D eigenvalue weighted by Crippen LogP contribution is 2.37. The molecular formula is C12H25NO. The maximum atomic E-state index is 9.49. The minimum atomic E-state index is 0.0315. The lowest BCUT2D eigenvalue weighted by atomic mass is 9.76. The van der Waals surface area contributed by atoms with Gasteiger partial charge in [0.05, 0.1) is 0 Å². The van der Waals surface area contributed by atoms with Gasteiger partial charge in [-0.25, -0.2) is 0 Å². The molecular weight excluding hydrogens is 174 g/mol. The normalized spacial score (nSPS) is 22.5. The highest BCUT2D eigenvalue weighted by Gasteiger charge is 2.31. The summed E-state index contributed by atoms with van der Waals surface area (Å²) in [4.78, 5) is 0. The van der Waals surface area contributed by atoms with E-state index in [2.05, 4.69) is 6.92 Å². The van der Waals surface area contributed by atoms with Crippen molar-refractivity contribution in [2.24, 2.45) is 17.1 Å². The molecule has 0 radical (unpaired) electrons. The molecule has 0 spiro atoms. The second-order valence-electron chi connectivity index (χ2n) is 4.97. The van der Waals surface area contributed by atoms with Crippen LogP contribution in [0.3, 0.4) is 0 Å². The van der Waals surface area contributed by atoms with Crippen molar-refractivity contribution in [1.29, 1.82) is 0 Å². The van der Waals surface area contributed by atoms with E-state index in [4.69, 9.17) is 5.73 Å². The predicted molar refractivity (Wildman–Crippen MR) is 60.1 cm³/mol. The van der Waals surface area contributed by atoms with Gasteiger partial charge in [-0.05, 0) is 18.8 Å². The van der Waals surface area contributed by atoms with Crippen LogP contribution >= 0.6 is 0 Å². The van der Waals surface area contributed by atoms with Gasteiger partial charge in [-0.15, -0.1) is 0 Å². The van der Waals surface area contributed by atoms with Gasteiger partial charge < -0.3 is 10.8 Å². The molecule has 2 heteroatoms. The molecule has 1 fully saturated rings. The Kier molecular flexibility index (Phi) is 4.90. The van der Waals surface area contributed by atoms with Gasteiger partial charge >= 0.3 is 0 Å². The van der Waals surface area contributed by atoms with Crippen molar-refractivity contribution in [2.45, 2.75) is 51.9 Å². The van der Waals surface area contributed by atoms with E-state index in [-0.39, 0.29) is 12.0 Å². The smallest absolute Gasteiger partial charge is 0.0499 e. The Labute approximate surface area is 87.9 Å². The summed E-state index contributed by atoms with van der Waals surface area (Å²) in [5.74, 6) is 0.831. The third-order valence-corrected chi connectivity index (χ3v) is 3.75. The Hall–Kier alpha value is -0.0800. The van der Waals surface area contributed by atoms with Crippen LogP contribution in [-0.4, -0.2) is 18.3 Å². The van der Waals surface area contributed by atoms with Crippen LogP contribution in [-0.2, 0) is 0 Å². The molecule has 0 aromatic heterocycles. The summed E-state index contributed by atoms with van der Waals surface area (Å²) in [5, 5.41) is 9.49. The van der Waals surface area contributed by atoms with Crippen LogP contribution in [0.4, 0.5) is 0 Å². The summed E-state index contributed by atoms with van der Waals surface area (Å²) >= 11 is 0. The van der Waals surface area contributed by atoms with E-state index in [1.165, 1.54) is 25.7 Å². The second-order valence-corrected chi connectivity index (χ2v) is 4.97. The minimum absolute atomic E-state index is 0.0315. The van der Waals surface area contributed by atoms with Crippen molar-refractivity contribution in [3.8, 4) is 0 Å². The van der Waals surface area contributed by atoms with Crippen molar-refractivity contribution < 1.29 is 5.11 Å². The molecule has 1 aliphatic carbocycles. The minimum Gasteiger partial charge on any atom is -0.396 e. The van der Waals surface area contributed by atoms with Gasteiger partial charge in [-0.3, -0.25) is 0 Å². The molecule has 84 valence electrons. The summed E-state index contributed by atoms with van der Waals surface area (Å²) in [6, 6.07) is 0. The summed E-state index contributed by atoms with van der Waals surface area (Å²) in [5.41, 5.74) is 5.85. The van der Waals surface area contributed by atoms with Crippen LogP contribution in [0, 0.1) is 11.3 Å². The van der Waals surface area contributed by atoms with Crippen molar-refractivity contribution in [2.75, 3.05) is 13.2 Å². The molecule has 1 saturated carbocycles. The number of hydrogen-bond acceptors (Lipinski definition) is 2. The van der Waals surface area contributed by atoms with Crippen molar-refractivity contribution in [1.82, 2.24) is 0 Å². The van der Waals surface area contributed by atoms with Crippen LogP contribution in [0.15, 0.2) is 0 Å². The zero-order valence-electron chi connectivity index (χ0n) is 9.47. The van der Waals surface area contributed by atoms with E-state index in [1.54, 1.807) is 0 Å². The zero-order valence-corrected chi connectivity index (χ0v) is 9.47. The van der Waals surface area contributed by atoms with Crippen LogP contribution in [0.2, 0.25) is 0 Å². The van der Waals surface area contributed by atoms with E-state index < -0.39 is 0 Å². The van der Waals surface area contributed by atoms with Gasteiger partial charge in [-0.2, -0.15) is 0 Å². The Morgan fingerprint density at radius 2 is 2.00 bits per heavy atom. The molecule has 0 amide bonds. The Bertz CT molecular complexity index is 148. The average molecular weight is 199 g/mol. The maximum Gasteiger partial charge on any atom is 0.0499 e. The van der Waals surface area contributed by atoms with Gasteiger partial charge in [-0.1, -0.05) is 39.0 Å². The average Bonchev–Trinajstić information content (AvgIpc) is 2.69. The van der Waals surface area contributed by atoms with Gasteiger partial charge in [0, 0.05) is 18.6 Å². The summed E-state index contributed by atoms with van der Waals surface area (Å²) in [6.07, 6.45) is 8.82. The summed E-state index contributed by atoms with van der Waals surface area (Å²) < 4.78 is 0. The van der Waals surface area contributed by atoms with Crippen molar-refractivity contribution >= 4 is 0 Å². The highest BCUT2D eigenvalue weighted by molar-refractivity contribution is 4.84. The molecule has 1 aliphatic rings. The fraction of sp³-hybridized carbons (Fsp3) is 1.00. The van der Waals surface area contributed by atoms with Crippen LogP contribution in [0.1, 0.15) is 51.9 Å². The fourth-order valence-corrected chi connectivity index (χ4v) is 2.85. The molecule has 1 unspecified atom stereocenters. The standard InChI is InChI=1S/C12H25NO/c1-2-7-12(9-13,10-14)8-11-5-3-4-6-11/h11,14H,2-10,13H2,1H3.